The Morgan fingerprint density at radius 2 is 2.05 bits per heavy atom. The summed E-state index contributed by atoms with van der Waals surface area (Å²) < 4.78 is 1.79. The van der Waals surface area contributed by atoms with Crippen molar-refractivity contribution in [3.63, 3.8) is 0 Å². The van der Waals surface area contributed by atoms with Crippen LogP contribution < -0.4 is 5.32 Å². The highest BCUT2D eigenvalue weighted by Crippen LogP contribution is 2.36. The summed E-state index contributed by atoms with van der Waals surface area (Å²) in [4.78, 5) is 6.58. The number of likely N-dealkylation sites (tertiary alicyclic amines) is 1. The number of halogens is 1. The van der Waals surface area contributed by atoms with E-state index in [2.05, 4.69) is 44.6 Å². The Morgan fingerprint density at radius 3 is 2.73 bits per heavy atom. The van der Waals surface area contributed by atoms with E-state index in [9.17, 15) is 0 Å². The number of rotatable bonds is 3. The second kappa shape index (κ2) is 6.36. The lowest BCUT2D eigenvalue weighted by atomic mass is 9.86. The van der Waals surface area contributed by atoms with Crippen molar-refractivity contribution in [2.24, 2.45) is 5.41 Å². The van der Waals surface area contributed by atoms with Crippen LogP contribution in [0.25, 0.3) is 5.69 Å². The van der Waals surface area contributed by atoms with Gasteiger partial charge in [-0.05, 0) is 49.0 Å². The van der Waals surface area contributed by atoms with Gasteiger partial charge in [-0.1, -0.05) is 12.1 Å². The monoisotopic (exact) mass is 319 g/mol. The van der Waals surface area contributed by atoms with E-state index in [0.29, 0.717) is 5.41 Å². The van der Waals surface area contributed by atoms with Crippen LogP contribution in [0.2, 0.25) is 0 Å². The molecule has 0 bridgehead atoms. The average Bonchev–Trinajstić information content (AvgIpc) is 3.25. The van der Waals surface area contributed by atoms with Gasteiger partial charge in [0.1, 0.15) is 12.7 Å². The number of nitrogens with one attached hydrogen (secondary N) is 1. The summed E-state index contributed by atoms with van der Waals surface area (Å²) in [6.07, 6.45) is 5.98. The molecule has 1 unspecified atom stereocenters. The topological polar surface area (TPSA) is 46.0 Å². The minimum Gasteiger partial charge on any atom is -0.316 e. The zero-order chi connectivity index (χ0) is 14.1. The third-order valence-electron chi connectivity index (χ3n) is 4.88. The second-order valence-corrected chi connectivity index (χ2v) is 6.39. The Kier molecular flexibility index (Phi) is 4.47. The first-order chi connectivity index (χ1) is 10.3. The second-order valence-electron chi connectivity index (χ2n) is 6.39. The first-order valence-electron chi connectivity index (χ1n) is 7.70. The van der Waals surface area contributed by atoms with Crippen molar-refractivity contribution in [2.75, 3.05) is 26.2 Å². The molecule has 1 aromatic carbocycles. The molecule has 1 N–H and O–H groups in total. The van der Waals surface area contributed by atoms with Gasteiger partial charge in [0, 0.05) is 19.6 Å². The molecule has 118 valence electrons. The Labute approximate surface area is 137 Å². The van der Waals surface area contributed by atoms with E-state index in [0.717, 1.165) is 12.2 Å². The fourth-order valence-corrected chi connectivity index (χ4v) is 3.66. The maximum Gasteiger partial charge on any atom is 0.138 e. The predicted molar refractivity (Wildman–Crippen MR) is 88.4 cm³/mol. The summed E-state index contributed by atoms with van der Waals surface area (Å²) in [5, 5.41) is 7.68. The number of nitrogens with zero attached hydrogens (tertiary/aromatic N) is 4. The third-order valence-corrected chi connectivity index (χ3v) is 4.88. The van der Waals surface area contributed by atoms with Crippen LogP contribution in [0.4, 0.5) is 0 Å². The quantitative estimate of drug-likeness (QED) is 0.938. The van der Waals surface area contributed by atoms with E-state index < -0.39 is 0 Å². The molecule has 0 aliphatic carbocycles. The zero-order valence-electron chi connectivity index (χ0n) is 12.6. The van der Waals surface area contributed by atoms with Crippen molar-refractivity contribution in [1.82, 2.24) is 25.0 Å². The Bertz CT molecular complexity index is 590. The molecule has 4 rings (SSSR count). The van der Waals surface area contributed by atoms with E-state index in [1.165, 1.54) is 44.6 Å². The van der Waals surface area contributed by atoms with Crippen LogP contribution in [0.5, 0.6) is 0 Å². The van der Waals surface area contributed by atoms with Crippen LogP contribution in [0.1, 0.15) is 18.4 Å². The molecule has 22 heavy (non-hydrogen) atoms. The Morgan fingerprint density at radius 1 is 1.18 bits per heavy atom. The fraction of sp³-hybridized carbons (Fsp3) is 0.500. The molecule has 5 nitrogen and oxygen atoms in total. The summed E-state index contributed by atoms with van der Waals surface area (Å²) in [7, 11) is 0. The van der Waals surface area contributed by atoms with Crippen molar-refractivity contribution >= 4 is 12.4 Å². The molecule has 2 saturated heterocycles. The minimum atomic E-state index is 0. The standard InChI is InChI=1S/C16H21N5.ClH/c1-3-15(21-13-18-12-19-21)4-2-14(1)9-20-8-6-16(11-20)5-7-17-10-16;/h1-4,12-13,17H,5-11H2;1H. The molecular weight excluding hydrogens is 298 g/mol. The Hall–Kier alpha value is -1.43. The molecule has 1 spiro atoms. The van der Waals surface area contributed by atoms with E-state index in [1.807, 2.05) is 0 Å². The molecular formula is C16H22ClN5. The lowest BCUT2D eigenvalue weighted by Crippen LogP contribution is -2.28. The summed E-state index contributed by atoms with van der Waals surface area (Å²) in [6, 6.07) is 8.64. The summed E-state index contributed by atoms with van der Waals surface area (Å²) in [6.45, 7) is 5.92. The number of hydrogen-bond acceptors (Lipinski definition) is 4. The summed E-state index contributed by atoms with van der Waals surface area (Å²) >= 11 is 0. The van der Waals surface area contributed by atoms with Crippen molar-refractivity contribution in [2.45, 2.75) is 19.4 Å². The van der Waals surface area contributed by atoms with Gasteiger partial charge in [0.05, 0.1) is 5.69 Å². The highest BCUT2D eigenvalue weighted by Gasteiger charge is 2.39. The van der Waals surface area contributed by atoms with E-state index in [4.69, 9.17) is 0 Å². The molecule has 6 heteroatoms. The number of hydrogen-bond donors (Lipinski definition) is 1. The molecule has 0 amide bonds. The fourth-order valence-electron chi connectivity index (χ4n) is 3.66. The van der Waals surface area contributed by atoms with Crippen molar-refractivity contribution in [3.05, 3.63) is 42.5 Å². The first-order valence-corrected chi connectivity index (χ1v) is 7.70. The van der Waals surface area contributed by atoms with Gasteiger partial charge in [-0.3, -0.25) is 4.90 Å². The number of benzene rings is 1. The molecule has 1 aromatic heterocycles. The molecule has 3 heterocycles. The van der Waals surface area contributed by atoms with Gasteiger partial charge in [0.25, 0.3) is 0 Å². The highest BCUT2D eigenvalue weighted by atomic mass is 35.5. The molecule has 1 atom stereocenters. The zero-order valence-corrected chi connectivity index (χ0v) is 13.4. The average molecular weight is 320 g/mol. The van der Waals surface area contributed by atoms with Gasteiger partial charge in [0.2, 0.25) is 0 Å². The summed E-state index contributed by atoms with van der Waals surface area (Å²) in [5.74, 6) is 0. The van der Waals surface area contributed by atoms with E-state index in [1.54, 1.807) is 17.3 Å². The van der Waals surface area contributed by atoms with Crippen LogP contribution in [0.3, 0.4) is 0 Å². The molecule has 2 fully saturated rings. The molecule has 0 radical (unpaired) electrons. The van der Waals surface area contributed by atoms with Gasteiger partial charge in [-0.15, -0.1) is 12.4 Å². The van der Waals surface area contributed by atoms with Crippen LogP contribution in [-0.4, -0.2) is 45.8 Å². The van der Waals surface area contributed by atoms with Crippen molar-refractivity contribution in [1.29, 1.82) is 0 Å². The van der Waals surface area contributed by atoms with Crippen LogP contribution in [-0.2, 0) is 6.54 Å². The smallest absolute Gasteiger partial charge is 0.138 e. The van der Waals surface area contributed by atoms with Gasteiger partial charge < -0.3 is 5.32 Å². The predicted octanol–water partition coefficient (Wildman–Crippen LogP) is 1.87. The number of aromatic nitrogens is 3. The normalized spacial score (nSPS) is 24.7. The van der Waals surface area contributed by atoms with Gasteiger partial charge in [-0.2, -0.15) is 5.10 Å². The lowest BCUT2D eigenvalue weighted by Gasteiger charge is -2.22. The lowest BCUT2D eigenvalue weighted by molar-refractivity contribution is 0.268. The molecule has 2 aliphatic rings. The SMILES string of the molecule is Cl.c1ncn(-c2ccc(CN3CCC4(CCNC4)C3)cc2)n1. The van der Waals surface area contributed by atoms with Crippen molar-refractivity contribution in [3.8, 4) is 5.69 Å². The van der Waals surface area contributed by atoms with Crippen LogP contribution in [0.15, 0.2) is 36.9 Å². The van der Waals surface area contributed by atoms with Gasteiger partial charge >= 0.3 is 0 Å². The summed E-state index contributed by atoms with van der Waals surface area (Å²) in [5.41, 5.74) is 3.00. The first kappa shape index (κ1) is 15.5. The van der Waals surface area contributed by atoms with Crippen LogP contribution >= 0.6 is 12.4 Å². The van der Waals surface area contributed by atoms with E-state index in [-0.39, 0.29) is 12.4 Å². The molecule has 2 aliphatic heterocycles. The molecule has 2 aromatic rings. The minimum absolute atomic E-state index is 0. The van der Waals surface area contributed by atoms with Gasteiger partial charge in [-0.25, -0.2) is 9.67 Å². The van der Waals surface area contributed by atoms with Crippen LogP contribution in [0, 0.1) is 5.41 Å². The van der Waals surface area contributed by atoms with E-state index >= 15 is 0 Å². The molecule has 0 saturated carbocycles. The highest BCUT2D eigenvalue weighted by molar-refractivity contribution is 5.85. The van der Waals surface area contributed by atoms with Crippen molar-refractivity contribution < 1.29 is 0 Å². The van der Waals surface area contributed by atoms with Gasteiger partial charge in [0.15, 0.2) is 0 Å². The maximum absolute atomic E-state index is 4.16. The third kappa shape index (κ3) is 3.02. The largest absolute Gasteiger partial charge is 0.316 e. The Balaban J connectivity index is 0.00000144. The maximum atomic E-state index is 4.16.